The van der Waals surface area contributed by atoms with Gasteiger partial charge in [-0.3, -0.25) is 9.59 Å². The Morgan fingerprint density at radius 3 is 2.25 bits per heavy atom. The van der Waals surface area contributed by atoms with Crippen molar-refractivity contribution in [3.05, 3.63) is 0 Å². The van der Waals surface area contributed by atoms with Gasteiger partial charge in [-0.05, 0) is 5.92 Å². The third-order valence-corrected chi connectivity index (χ3v) is 2.11. The second kappa shape index (κ2) is 8.65. The number of alkyl halides is 2. The zero-order valence-electron chi connectivity index (χ0n) is 9.37. The average molecular weight is 271 g/mol. The summed E-state index contributed by atoms with van der Waals surface area (Å²) in [6.45, 7) is 4.21. The Morgan fingerprint density at radius 1 is 1.19 bits per heavy atom. The lowest BCUT2D eigenvalue weighted by molar-refractivity contribution is -0.152. The maximum Gasteiger partial charge on any atom is 0.321 e. The zero-order valence-corrected chi connectivity index (χ0v) is 10.9. The first-order valence-electron chi connectivity index (χ1n) is 4.96. The molecule has 4 nitrogen and oxygen atoms in total. The Morgan fingerprint density at radius 2 is 1.81 bits per heavy atom. The average Bonchev–Trinajstić information content (AvgIpc) is 2.25. The van der Waals surface area contributed by atoms with Gasteiger partial charge in [0.2, 0.25) is 0 Å². The Hall–Kier alpha value is -0.480. The fraction of sp³-hybridized carbons (Fsp3) is 0.800. The van der Waals surface area contributed by atoms with Crippen LogP contribution in [-0.4, -0.2) is 36.4 Å². The fourth-order valence-corrected chi connectivity index (χ4v) is 1.08. The lowest BCUT2D eigenvalue weighted by atomic mass is 10.2. The van der Waals surface area contributed by atoms with E-state index in [2.05, 4.69) is 0 Å². The molecule has 0 heterocycles. The van der Waals surface area contributed by atoms with Crippen LogP contribution < -0.4 is 0 Å². The molecule has 0 radical (unpaired) electrons. The van der Waals surface area contributed by atoms with Crippen LogP contribution in [0.15, 0.2) is 0 Å². The van der Waals surface area contributed by atoms with E-state index in [1.165, 1.54) is 0 Å². The molecule has 16 heavy (non-hydrogen) atoms. The number of ether oxygens (including phenoxy) is 2. The summed E-state index contributed by atoms with van der Waals surface area (Å²) in [6, 6.07) is 0. The van der Waals surface area contributed by atoms with Gasteiger partial charge >= 0.3 is 11.9 Å². The van der Waals surface area contributed by atoms with E-state index in [0.717, 1.165) is 0 Å². The van der Waals surface area contributed by atoms with Crippen LogP contribution in [0.4, 0.5) is 0 Å². The molecule has 0 bridgehead atoms. The number of hydrogen-bond donors (Lipinski definition) is 0. The molecule has 0 aromatic rings. The lowest BCUT2D eigenvalue weighted by Crippen LogP contribution is -2.25. The molecule has 0 aliphatic carbocycles. The molecule has 0 saturated carbocycles. The SMILES string of the molecule is CC(C)COC(=O)CC(CCl)OC(=O)CCl. The van der Waals surface area contributed by atoms with Crippen molar-refractivity contribution in [2.45, 2.75) is 26.4 Å². The van der Waals surface area contributed by atoms with Crippen molar-refractivity contribution in [1.82, 2.24) is 0 Å². The van der Waals surface area contributed by atoms with Gasteiger partial charge in [0, 0.05) is 0 Å². The highest BCUT2D eigenvalue weighted by atomic mass is 35.5. The Labute approximate surface area is 105 Å². The lowest BCUT2D eigenvalue weighted by Gasteiger charge is -2.14. The molecule has 0 aromatic carbocycles. The third kappa shape index (κ3) is 7.77. The molecule has 0 spiro atoms. The summed E-state index contributed by atoms with van der Waals surface area (Å²) in [5, 5.41) is 0. The summed E-state index contributed by atoms with van der Waals surface area (Å²) in [5.74, 6) is -0.970. The van der Waals surface area contributed by atoms with Gasteiger partial charge < -0.3 is 9.47 Å². The van der Waals surface area contributed by atoms with Crippen molar-refractivity contribution in [1.29, 1.82) is 0 Å². The quantitative estimate of drug-likeness (QED) is 0.524. The van der Waals surface area contributed by atoms with Gasteiger partial charge in [-0.1, -0.05) is 13.8 Å². The third-order valence-electron chi connectivity index (χ3n) is 1.55. The molecule has 0 aliphatic heterocycles. The van der Waals surface area contributed by atoms with E-state index in [4.69, 9.17) is 32.7 Å². The van der Waals surface area contributed by atoms with Crippen LogP contribution in [0.5, 0.6) is 0 Å². The van der Waals surface area contributed by atoms with Crippen LogP contribution in [0.25, 0.3) is 0 Å². The summed E-state index contributed by atoms with van der Waals surface area (Å²) < 4.78 is 9.75. The molecule has 1 atom stereocenters. The fourth-order valence-electron chi connectivity index (χ4n) is 0.850. The molecular formula is C10H16Cl2O4. The molecular weight excluding hydrogens is 255 g/mol. The molecule has 0 N–H and O–H groups in total. The van der Waals surface area contributed by atoms with Crippen molar-refractivity contribution in [3.63, 3.8) is 0 Å². The van der Waals surface area contributed by atoms with Gasteiger partial charge in [-0.2, -0.15) is 0 Å². The highest BCUT2D eigenvalue weighted by Gasteiger charge is 2.18. The number of esters is 2. The van der Waals surface area contributed by atoms with E-state index in [1.54, 1.807) is 0 Å². The van der Waals surface area contributed by atoms with Gasteiger partial charge in [0.25, 0.3) is 0 Å². The summed E-state index contributed by atoms with van der Waals surface area (Å²) in [5.41, 5.74) is 0. The standard InChI is InChI=1S/C10H16Cl2O4/c1-7(2)6-15-9(13)3-8(4-11)16-10(14)5-12/h7-8H,3-6H2,1-2H3. The van der Waals surface area contributed by atoms with Crippen molar-refractivity contribution < 1.29 is 19.1 Å². The topological polar surface area (TPSA) is 52.6 Å². The summed E-state index contributed by atoms with van der Waals surface area (Å²) in [6.07, 6.45) is -0.716. The highest BCUT2D eigenvalue weighted by molar-refractivity contribution is 6.26. The molecule has 6 heteroatoms. The smallest absolute Gasteiger partial charge is 0.321 e. The molecule has 0 aromatic heterocycles. The number of carbonyl (C=O) groups excluding carboxylic acids is 2. The van der Waals surface area contributed by atoms with Crippen LogP contribution in [0, 0.1) is 5.92 Å². The first kappa shape index (κ1) is 15.5. The molecule has 0 rings (SSSR count). The number of carbonyl (C=O) groups is 2. The van der Waals surface area contributed by atoms with Gasteiger partial charge in [0.05, 0.1) is 18.9 Å². The van der Waals surface area contributed by atoms with Crippen molar-refractivity contribution in [2.75, 3.05) is 18.4 Å². The van der Waals surface area contributed by atoms with Gasteiger partial charge in [-0.15, -0.1) is 23.2 Å². The predicted octanol–water partition coefficient (Wildman–Crippen LogP) is 1.97. The second-order valence-corrected chi connectivity index (χ2v) is 4.26. The van der Waals surface area contributed by atoms with Crippen LogP contribution in [-0.2, 0) is 19.1 Å². The highest BCUT2D eigenvalue weighted by Crippen LogP contribution is 2.05. The minimum absolute atomic E-state index is 0.0411. The molecule has 94 valence electrons. The van der Waals surface area contributed by atoms with Crippen LogP contribution in [0.3, 0.4) is 0 Å². The predicted molar refractivity (Wildman–Crippen MR) is 61.7 cm³/mol. The van der Waals surface area contributed by atoms with Crippen molar-refractivity contribution in [2.24, 2.45) is 5.92 Å². The Bertz CT molecular complexity index is 231. The number of hydrogen-bond acceptors (Lipinski definition) is 4. The number of halogens is 2. The summed E-state index contributed by atoms with van der Waals surface area (Å²) >= 11 is 10.8. The van der Waals surface area contributed by atoms with E-state index >= 15 is 0 Å². The molecule has 0 fully saturated rings. The van der Waals surface area contributed by atoms with E-state index in [9.17, 15) is 9.59 Å². The maximum absolute atomic E-state index is 11.3. The van der Waals surface area contributed by atoms with Gasteiger partial charge in [-0.25, -0.2) is 0 Å². The van der Waals surface area contributed by atoms with Crippen LogP contribution in [0.2, 0.25) is 0 Å². The van der Waals surface area contributed by atoms with Gasteiger partial charge in [0.1, 0.15) is 12.0 Å². The largest absolute Gasteiger partial charge is 0.465 e. The summed E-state index contributed by atoms with van der Waals surface area (Å²) in [4.78, 5) is 22.1. The Kier molecular flexibility index (Phi) is 8.39. The molecule has 1 unspecified atom stereocenters. The van der Waals surface area contributed by atoms with E-state index in [-0.39, 0.29) is 24.1 Å². The first-order chi connectivity index (χ1) is 7.49. The minimum Gasteiger partial charge on any atom is -0.465 e. The Balaban J connectivity index is 3.92. The van der Waals surface area contributed by atoms with Crippen LogP contribution >= 0.6 is 23.2 Å². The number of rotatable bonds is 7. The monoisotopic (exact) mass is 270 g/mol. The van der Waals surface area contributed by atoms with Crippen molar-refractivity contribution >= 4 is 35.1 Å². The van der Waals surface area contributed by atoms with Gasteiger partial charge in [0.15, 0.2) is 0 Å². The molecule has 0 aliphatic rings. The van der Waals surface area contributed by atoms with E-state index in [1.807, 2.05) is 13.8 Å². The van der Waals surface area contributed by atoms with Crippen molar-refractivity contribution in [3.8, 4) is 0 Å². The van der Waals surface area contributed by atoms with Crippen LogP contribution in [0.1, 0.15) is 20.3 Å². The normalized spacial score (nSPS) is 12.3. The molecule has 0 saturated heterocycles. The zero-order chi connectivity index (χ0) is 12.6. The second-order valence-electron chi connectivity index (χ2n) is 3.68. The maximum atomic E-state index is 11.3. The molecule has 0 amide bonds. The first-order valence-corrected chi connectivity index (χ1v) is 6.03. The van der Waals surface area contributed by atoms with E-state index < -0.39 is 18.0 Å². The summed E-state index contributed by atoms with van der Waals surface area (Å²) in [7, 11) is 0. The minimum atomic E-state index is -0.674. The van der Waals surface area contributed by atoms with E-state index in [0.29, 0.717) is 6.61 Å².